The fraction of sp³-hybridized carbons (Fsp3) is 1.00. The van der Waals surface area contributed by atoms with Crippen molar-refractivity contribution in [1.29, 1.82) is 0 Å². The van der Waals surface area contributed by atoms with E-state index in [4.69, 9.17) is 0 Å². The van der Waals surface area contributed by atoms with Crippen molar-refractivity contribution in [3.63, 3.8) is 0 Å². The summed E-state index contributed by atoms with van der Waals surface area (Å²) in [6, 6.07) is 0.691. The van der Waals surface area contributed by atoms with Crippen LogP contribution in [0.25, 0.3) is 0 Å². The minimum Gasteiger partial charge on any atom is -0.314 e. The zero-order chi connectivity index (χ0) is 15.3. The van der Waals surface area contributed by atoms with Gasteiger partial charge in [-0.05, 0) is 51.7 Å². The van der Waals surface area contributed by atoms with Crippen LogP contribution in [-0.4, -0.2) is 37.1 Å². The molecule has 1 aliphatic heterocycles. The highest BCUT2D eigenvalue weighted by Gasteiger charge is 2.23. The zero-order valence-electron chi connectivity index (χ0n) is 15.0. The van der Waals surface area contributed by atoms with Crippen LogP contribution in [0.5, 0.6) is 0 Å². The minimum absolute atomic E-state index is 0.691. The summed E-state index contributed by atoms with van der Waals surface area (Å²) >= 11 is 0. The second-order valence-electron chi connectivity index (χ2n) is 7.02. The van der Waals surface area contributed by atoms with Gasteiger partial charge in [-0.15, -0.1) is 0 Å². The predicted molar refractivity (Wildman–Crippen MR) is 94.9 cm³/mol. The summed E-state index contributed by atoms with van der Waals surface area (Å²) in [6.07, 6.45) is 14.3. The molecule has 0 bridgehead atoms. The number of rotatable bonds is 12. The Labute approximate surface area is 134 Å². The van der Waals surface area contributed by atoms with E-state index in [9.17, 15) is 0 Å². The zero-order valence-corrected chi connectivity index (χ0v) is 15.0. The molecule has 0 saturated carbocycles. The number of hydrogen-bond acceptors (Lipinski definition) is 2. The minimum atomic E-state index is 0.691. The first-order chi connectivity index (χ1) is 10.3. The molecule has 0 aromatic rings. The molecule has 1 rings (SSSR count). The highest BCUT2D eigenvalue weighted by atomic mass is 15.1. The van der Waals surface area contributed by atoms with E-state index in [1.54, 1.807) is 0 Å². The van der Waals surface area contributed by atoms with Gasteiger partial charge in [-0.1, -0.05) is 58.8 Å². The van der Waals surface area contributed by atoms with Gasteiger partial charge in [0.05, 0.1) is 0 Å². The first kappa shape index (κ1) is 19.0. The Bertz CT molecular complexity index is 230. The molecule has 0 aliphatic carbocycles. The fourth-order valence-corrected chi connectivity index (χ4v) is 3.66. The lowest BCUT2D eigenvalue weighted by Crippen LogP contribution is -2.44. The molecule has 2 atom stereocenters. The van der Waals surface area contributed by atoms with E-state index in [1.165, 1.54) is 83.8 Å². The number of nitrogens with zero attached hydrogens (tertiary/aromatic N) is 1. The van der Waals surface area contributed by atoms with Crippen LogP contribution in [0.4, 0.5) is 0 Å². The number of hydrogen-bond donors (Lipinski definition) is 1. The molecule has 0 aromatic heterocycles. The normalized spacial score (nSPS) is 21.6. The van der Waals surface area contributed by atoms with Crippen molar-refractivity contribution in [3.8, 4) is 0 Å². The third-order valence-electron chi connectivity index (χ3n) is 5.10. The van der Waals surface area contributed by atoms with Gasteiger partial charge >= 0.3 is 0 Å². The quantitative estimate of drug-likeness (QED) is 0.519. The molecule has 0 spiro atoms. The molecule has 2 nitrogen and oxygen atoms in total. The van der Waals surface area contributed by atoms with Crippen LogP contribution in [0, 0.1) is 5.92 Å². The van der Waals surface area contributed by atoms with Crippen LogP contribution in [0.1, 0.15) is 85.0 Å². The molecule has 1 heterocycles. The molecule has 0 radical (unpaired) electrons. The Morgan fingerprint density at radius 3 is 2.33 bits per heavy atom. The third kappa shape index (κ3) is 8.83. The van der Waals surface area contributed by atoms with Crippen LogP contribution in [0.3, 0.4) is 0 Å². The number of unbranched alkanes of at least 4 members (excludes halogenated alkanes) is 7. The van der Waals surface area contributed by atoms with Gasteiger partial charge in [-0.2, -0.15) is 0 Å². The Balaban J connectivity index is 2.01. The first-order valence-electron chi connectivity index (χ1n) is 9.73. The molecule has 1 fully saturated rings. The fourth-order valence-electron chi connectivity index (χ4n) is 3.66. The van der Waals surface area contributed by atoms with E-state index in [2.05, 4.69) is 31.0 Å². The Kier molecular flexibility index (Phi) is 11.3. The molecule has 0 amide bonds. The van der Waals surface area contributed by atoms with Gasteiger partial charge in [0.15, 0.2) is 0 Å². The van der Waals surface area contributed by atoms with Crippen LogP contribution in [0.15, 0.2) is 0 Å². The number of nitrogens with one attached hydrogen (secondary N) is 1. The Morgan fingerprint density at radius 2 is 1.67 bits per heavy atom. The molecule has 1 N–H and O–H groups in total. The largest absolute Gasteiger partial charge is 0.314 e. The van der Waals surface area contributed by atoms with Crippen LogP contribution < -0.4 is 5.32 Å². The summed E-state index contributed by atoms with van der Waals surface area (Å²) in [7, 11) is 0. The topological polar surface area (TPSA) is 15.3 Å². The molecular weight excluding hydrogens is 256 g/mol. The van der Waals surface area contributed by atoms with Crippen molar-refractivity contribution < 1.29 is 0 Å². The highest BCUT2D eigenvalue weighted by molar-refractivity contribution is 4.80. The third-order valence-corrected chi connectivity index (χ3v) is 5.10. The summed E-state index contributed by atoms with van der Waals surface area (Å²) in [4.78, 5) is 2.72. The van der Waals surface area contributed by atoms with E-state index in [0.29, 0.717) is 6.04 Å². The van der Waals surface area contributed by atoms with E-state index in [0.717, 1.165) is 12.5 Å². The van der Waals surface area contributed by atoms with Crippen LogP contribution >= 0.6 is 0 Å². The maximum absolute atomic E-state index is 3.61. The van der Waals surface area contributed by atoms with Gasteiger partial charge in [0.25, 0.3) is 0 Å². The SMILES string of the molecule is CCCCCCCCCCN1CCCC(C(C)NCC)C1. The average Bonchev–Trinajstić information content (AvgIpc) is 2.50. The van der Waals surface area contributed by atoms with Gasteiger partial charge in [-0.3, -0.25) is 0 Å². The highest BCUT2D eigenvalue weighted by Crippen LogP contribution is 2.20. The summed E-state index contributed by atoms with van der Waals surface area (Å²) in [5.41, 5.74) is 0. The Hall–Kier alpha value is -0.0800. The number of likely N-dealkylation sites (tertiary alicyclic amines) is 1. The lowest BCUT2D eigenvalue weighted by Gasteiger charge is -2.36. The second-order valence-corrected chi connectivity index (χ2v) is 7.02. The monoisotopic (exact) mass is 296 g/mol. The molecule has 2 unspecified atom stereocenters. The van der Waals surface area contributed by atoms with Gasteiger partial charge < -0.3 is 10.2 Å². The van der Waals surface area contributed by atoms with E-state index in [1.807, 2.05) is 0 Å². The second kappa shape index (κ2) is 12.5. The first-order valence-corrected chi connectivity index (χ1v) is 9.73. The van der Waals surface area contributed by atoms with Gasteiger partial charge in [0.1, 0.15) is 0 Å². The predicted octanol–water partition coefficient (Wildman–Crippen LogP) is 4.84. The van der Waals surface area contributed by atoms with Crippen LogP contribution in [0.2, 0.25) is 0 Å². The van der Waals surface area contributed by atoms with Crippen LogP contribution in [-0.2, 0) is 0 Å². The van der Waals surface area contributed by atoms with Gasteiger partial charge in [-0.25, -0.2) is 0 Å². The van der Waals surface area contributed by atoms with E-state index < -0.39 is 0 Å². The summed E-state index contributed by atoms with van der Waals surface area (Å²) in [5.74, 6) is 0.868. The van der Waals surface area contributed by atoms with Crippen molar-refractivity contribution in [1.82, 2.24) is 10.2 Å². The van der Waals surface area contributed by atoms with Crippen molar-refractivity contribution in [2.45, 2.75) is 91.0 Å². The van der Waals surface area contributed by atoms with Gasteiger partial charge in [0.2, 0.25) is 0 Å². The van der Waals surface area contributed by atoms with Gasteiger partial charge in [0, 0.05) is 12.6 Å². The lowest BCUT2D eigenvalue weighted by atomic mass is 9.91. The molecular formula is C19H40N2. The smallest absolute Gasteiger partial charge is 0.00791 e. The van der Waals surface area contributed by atoms with Crippen molar-refractivity contribution in [3.05, 3.63) is 0 Å². The maximum Gasteiger partial charge on any atom is 0.00791 e. The van der Waals surface area contributed by atoms with Crippen molar-refractivity contribution in [2.24, 2.45) is 5.92 Å². The molecule has 1 aliphatic rings. The van der Waals surface area contributed by atoms with Crippen molar-refractivity contribution >= 4 is 0 Å². The molecule has 126 valence electrons. The standard InChI is InChI=1S/C19H40N2/c1-4-6-7-8-9-10-11-12-15-21-16-13-14-19(17-21)18(3)20-5-2/h18-20H,4-17H2,1-3H3. The Morgan fingerprint density at radius 1 is 1.00 bits per heavy atom. The lowest BCUT2D eigenvalue weighted by molar-refractivity contribution is 0.149. The molecule has 0 aromatic carbocycles. The summed E-state index contributed by atoms with van der Waals surface area (Å²) in [5, 5.41) is 3.61. The molecule has 2 heteroatoms. The van der Waals surface area contributed by atoms with Crippen molar-refractivity contribution in [2.75, 3.05) is 26.2 Å². The average molecular weight is 297 g/mol. The summed E-state index contributed by atoms with van der Waals surface area (Å²) in [6.45, 7) is 12.0. The molecule has 1 saturated heterocycles. The number of piperidine rings is 1. The van der Waals surface area contributed by atoms with E-state index in [-0.39, 0.29) is 0 Å². The van der Waals surface area contributed by atoms with E-state index >= 15 is 0 Å². The molecule has 21 heavy (non-hydrogen) atoms. The summed E-state index contributed by atoms with van der Waals surface area (Å²) < 4.78 is 0. The maximum atomic E-state index is 3.61.